The van der Waals surface area contributed by atoms with E-state index in [2.05, 4.69) is 21.2 Å². The first-order valence-corrected chi connectivity index (χ1v) is 10.1. The first kappa shape index (κ1) is 18.3. The molecule has 2 saturated heterocycles. The lowest BCUT2D eigenvalue weighted by Crippen LogP contribution is -2.48. The maximum atomic E-state index is 12.5. The van der Waals surface area contributed by atoms with Gasteiger partial charge in [0.1, 0.15) is 5.75 Å². The minimum atomic E-state index is -0.449. The molecule has 4 rings (SSSR count). The fraction of sp³-hybridized carbons (Fsp3) is 0.619. The van der Waals surface area contributed by atoms with E-state index in [9.17, 15) is 9.59 Å². The fourth-order valence-electron chi connectivity index (χ4n) is 5.09. The SMILES string of the molecule is COc1ccccc1N1CCN(CCC23CCCCC2C(=O)NC3=O)CC1. The third kappa shape index (κ3) is 3.31. The summed E-state index contributed by atoms with van der Waals surface area (Å²) in [6.07, 6.45) is 4.63. The molecule has 1 aromatic rings. The average molecular weight is 371 g/mol. The predicted molar refractivity (Wildman–Crippen MR) is 104 cm³/mol. The van der Waals surface area contributed by atoms with Gasteiger partial charge in [0.2, 0.25) is 11.8 Å². The van der Waals surface area contributed by atoms with Crippen LogP contribution in [0.4, 0.5) is 5.69 Å². The van der Waals surface area contributed by atoms with Crippen LogP contribution in [-0.4, -0.2) is 56.5 Å². The molecule has 0 aromatic heterocycles. The number of hydrogen-bond donors (Lipinski definition) is 1. The summed E-state index contributed by atoms with van der Waals surface area (Å²) >= 11 is 0. The van der Waals surface area contributed by atoms with Crippen molar-refractivity contribution in [2.75, 3.05) is 44.7 Å². The topological polar surface area (TPSA) is 61.9 Å². The Morgan fingerprint density at radius 1 is 1.15 bits per heavy atom. The van der Waals surface area contributed by atoms with Gasteiger partial charge < -0.3 is 9.64 Å². The van der Waals surface area contributed by atoms with Gasteiger partial charge in [-0.05, 0) is 37.9 Å². The predicted octanol–water partition coefficient (Wildman–Crippen LogP) is 2.04. The molecule has 3 fully saturated rings. The number of para-hydroxylation sites is 2. The van der Waals surface area contributed by atoms with E-state index in [1.54, 1.807) is 7.11 Å². The van der Waals surface area contributed by atoms with Gasteiger partial charge in [0, 0.05) is 26.2 Å². The lowest BCUT2D eigenvalue weighted by atomic mass is 9.65. The van der Waals surface area contributed by atoms with Crippen molar-refractivity contribution in [3.05, 3.63) is 24.3 Å². The minimum Gasteiger partial charge on any atom is -0.495 e. The number of hydrogen-bond acceptors (Lipinski definition) is 5. The van der Waals surface area contributed by atoms with Crippen LogP contribution >= 0.6 is 0 Å². The summed E-state index contributed by atoms with van der Waals surface area (Å²) in [6.45, 7) is 4.71. The monoisotopic (exact) mass is 371 g/mol. The molecule has 27 heavy (non-hydrogen) atoms. The normalized spacial score (nSPS) is 28.8. The molecule has 2 heterocycles. The second-order valence-electron chi connectivity index (χ2n) is 8.02. The molecule has 146 valence electrons. The molecule has 0 spiro atoms. The number of carbonyl (C=O) groups is 2. The Morgan fingerprint density at radius 2 is 1.93 bits per heavy atom. The number of anilines is 1. The summed E-state index contributed by atoms with van der Waals surface area (Å²) in [7, 11) is 1.71. The lowest BCUT2D eigenvalue weighted by molar-refractivity contribution is -0.131. The van der Waals surface area contributed by atoms with Crippen molar-refractivity contribution >= 4 is 17.5 Å². The summed E-state index contributed by atoms with van der Waals surface area (Å²) in [4.78, 5) is 29.5. The van der Waals surface area contributed by atoms with Crippen LogP contribution in [0.2, 0.25) is 0 Å². The second-order valence-corrected chi connectivity index (χ2v) is 8.02. The number of nitrogens with one attached hydrogen (secondary N) is 1. The van der Waals surface area contributed by atoms with Crippen LogP contribution < -0.4 is 15.0 Å². The number of rotatable bonds is 5. The van der Waals surface area contributed by atoms with Crippen LogP contribution in [0.15, 0.2) is 24.3 Å². The van der Waals surface area contributed by atoms with Gasteiger partial charge >= 0.3 is 0 Å². The molecule has 0 bridgehead atoms. The first-order chi connectivity index (χ1) is 13.1. The number of ether oxygens (including phenoxy) is 1. The maximum Gasteiger partial charge on any atom is 0.233 e. The van der Waals surface area contributed by atoms with Gasteiger partial charge in [0.05, 0.1) is 24.1 Å². The van der Waals surface area contributed by atoms with Crippen LogP contribution in [0.5, 0.6) is 5.75 Å². The van der Waals surface area contributed by atoms with E-state index in [4.69, 9.17) is 4.74 Å². The number of fused-ring (bicyclic) bond motifs is 1. The summed E-state index contributed by atoms with van der Waals surface area (Å²) in [5.41, 5.74) is 0.695. The van der Waals surface area contributed by atoms with Gasteiger partial charge in [-0.15, -0.1) is 0 Å². The molecule has 1 N–H and O–H groups in total. The Labute approximate surface area is 160 Å². The number of carbonyl (C=O) groups excluding carboxylic acids is 2. The highest BCUT2D eigenvalue weighted by Crippen LogP contribution is 2.47. The molecule has 2 amide bonds. The molecule has 6 nitrogen and oxygen atoms in total. The lowest BCUT2D eigenvalue weighted by Gasteiger charge is -2.40. The molecule has 1 aromatic carbocycles. The van der Waals surface area contributed by atoms with Crippen molar-refractivity contribution in [2.24, 2.45) is 11.3 Å². The van der Waals surface area contributed by atoms with Gasteiger partial charge in [0.25, 0.3) is 0 Å². The smallest absolute Gasteiger partial charge is 0.233 e. The maximum absolute atomic E-state index is 12.5. The van der Waals surface area contributed by atoms with Crippen molar-refractivity contribution in [1.82, 2.24) is 10.2 Å². The van der Waals surface area contributed by atoms with Crippen LogP contribution in [-0.2, 0) is 9.59 Å². The van der Waals surface area contributed by atoms with Crippen LogP contribution in [0.3, 0.4) is 0 Å². The van der Waals surface area contributed by atoms with Gasteiger partial charge in [-0.25, -0.2) is 0 Å². The minimum absolute atomic E-state index is 0.0233. The summed E-state index contributed by atoms with van der Waals surface area (Å²) in [6, 6.07) is 8.14. The molecule has 6 heteroatoms. The van der Waals surface area contributed by atoms with Crippen molar-refractivity contribution in [2.45, 2.75) is 32.1 Å². The number of methoxy groups -OCH3 is 1. The molecule has 2 aliphatic heterocycles. The standard InChI is InChI=1S/C21H29N3O3/c1-27-18-8-3-2-7-17(18)24-14-12-23(13-15-24)11-10-21-9-5-4-6-16(21)19(25)22-20(21)26/h2-3,7-8,16H,4-6,9-15H2,1H3,(H,22,25,26). The zero-order valence-corrected chi connectivity index (χ0v) is 16.1. The number of nitrogens with zero attached hydrogens (tertiary/aromatic N) is 2. The summed E-state index contributed by atoms with van der Waals surface area (Å²) in [5.74, 6) is 0.746. The van der Waals surface area contributed by atoms with Gasteiger partial charge in [-0.2, -0.15) is 0 Å². The Bertz CT molecular complexity index is 714. The number of imide groups is 1. The van der Waals surface area contributed by atoms with E-state index < -0.39 is 5.41 Å². The molecule has 2 atom stereocenters. The van der Waals surface area contributed by atoms with E-state index in [-0.39, 0.29) is 17.7 Å². The molecule has 0 radical (unpaired) electrons. The Balaban J connectivity index is 1.36. The van der Waals surface area contributed by atoms with E-state index in [1.807, 2.05) is 18.2 Å². The molecular formula is C21H29N3O3. The van der Waals surface area contributed by atoms with Crippen LogP contribution in [0.1, 0.15) is 32.1 Å². The van der Waals surface area contributed by atoms with E-state index >= 15 is 0 Å². The molecule has 3 aliphatic rings. The summed E-state index contributed by atoms with van der Waals surface area (Å²) in [5, 5.41) is 2.61. The Kier molecular flexibility index (Phi) is 5.08. The number of benzene rings is 1. The average Bonchev–Trinajstić information content (AvgIpc) is 2.97. The van der Waals surface area contributed by atoms with Crippen LogP contribution in [0.25, 0.3) is 0 Å². The van der Waals surface area contributed by atoms with E-state index in [0.717, 1.165) is 76.3 Å². The van der Waals surface area contributed by atoms with Crippen LogP contribution in [0, 0.1) is 11.3 Å². The first-order valence-electron chi connectivity index (χ1n) is 10.1. The highest BCUT2D eigenvalue weighted by Gasteiger charge is 2.55. The highest BCUT2D eigenvalue weighted by molar-refractivity contribution is 6.07. The molecular weight excluding hydrogens is 342 g/mol. The fourth-order valence-corrected chi connectivity index (χ4v) is 5.09. The quantitative estimate of drug-likeness (QED) is 0.803. The van der Waals surface area contributed by atoms with Crippen molar-refractivity contribution in [3.63, 3.8) is 0 Å². The van der Waals surface area contributed by atoms with Crippen molar-refractivity contribution < 1.29 is 14.3 Å². The third-order valence-corrected chi connectivity index (χ3v) is 6.71. The Morgan fingerprint density at radius 3 is 2.70 bits per heavy atom. The second kappa shape index (κ2) is 7.50. The number of piperazine rings is 1. The summed E-state index contributed by atoms with van der Waals surface area (Å²) < 4.78 is 5.49. The van der Waals surface area contributed by atoms with E-state index in [1.165, 1.54) is 0 Å². The Hall–Kier alpha value is -2.08. The van der Waals surface area contributed by atoms with Crippen molar-refractivity contribution in [3.8, 4) is 5.75 Å². The van der Waals surface area contributed by atoms with Crippen molar-refractivity contribution in [1.29, 1.82) is 0 Å². The highest BCUT2D eigenvalue weighted by atomic mass is 16.5. The van der Waals surface area contributed by atoms with Gasteiger partial charge in [-0.1, -0.05) is 25.0 Å². The zero-order chi connectivity index (χ0) is 18.9. The molecule has 1 saturated carbocycles. The number of amides is 2. The molecule has 2 unspecified atom stereocenters. The third-order valence-electron chi connectivity index (χ3n) is 6.71. The van der Waals surface area contributed by atoms with E-state index in [0.29, 0.717) is 0 Å². The largest absolute Gasteiger partial charge is 0.495 e. The van der Waals surface area contributed by atoms with Gasteiger partial charge in [0.15, 0.2) is 0 Å². The van der Waals surface area contributed by atoms with Gasteiger partial charge in [-0.3, -0.25) is 19.8 Å². The molecule has 1 aliphatic carbocycles. The zero-order valence-electron chi connectivity index (χ0n) is 16.1.